The van der Waals surface area contributed by atoms with Gasteiger partial charge in [-0.1, -0.05) is 146 Å². The Labute approximate surface area is 310 Å². The fraction of sp³-hybridized carbons (Fsp3) is 0.231. The third-order valence-corrected chi connectivity index (χ3v) is 11.9. The topological polar surface area (TPSA) is 0 Å². The zero-order valence-electron chi connectivity index (χ0n) is 30.3. The van der Waals surface area contributed by atoms with E-state index >= 15 is 0 Å². The van der Waals surface area contributed by atoms with E-state index in [1.54, 1.807) is 0 Å². The normalized spacial score (nSPS) is 15.4. The highest BCUT2D eigenvalue weighted by atomic mass is 14.2. The molecule has 0 unspecified atom stereocenters. The van der Waals surface area contributed by atoms with Crippen LogP contribution in [0, 0.1) is 0 Å². The van der Waals surface area contributed by atoms with Gasteiger partial charge in [0, 0.05) is 0 Å². The van der Waals surface area contributed by atoms with Crippen molar-refractivity contribution in [2.24, 2.45) is 0 Å². The summed E-state index contributed by atoms with van der Waals surface area (Å²) in [5, 5.41) is 0. The Morgan fingerprint density at radius 1 is 0.212 bits per heavy atom. The van der Waals surface area contributed by atoms with Gasteiger partial charge in [0.05, 0.1) is 0 Å². The van der Waals surface area contributed by atoms with Gasteiger partial charge in [-0.2, -0.15) is 0 Å². The van der Waals surface area contributed by atoms with E-state index in [-0.39, 0.29) is 0 Å². The van der Waals surface area contributed by atoms with Crippen molar-refractivity contribution in [2.75, 3.05) is 0 Å². The van der Waals surface area contributed by atoms with Crippen LogP contribution in [0.1, 0.15) is 89.0 Å². The van der Waals surface area contributed by atoms with Crippen molar-refractivity contribution >= 4 is 24.3 Å². The highest BCUT2D eigenvalue weighted by Crippen LogP contribution is 2.27. The zero-order chi connectivity index (χ0) is 34.7. The SMILES string of the molecule is C(=C\c1cc2ccc1CCc1ccc(c(/C=C/c3cc4ccc3CCc3ccc(cc3)CC4)c1)CC2)/c1cc2ccc1CCc1ccc(cc1)CC2. The molecule has 0 heterocycles. The predicted octanol–water partition coefficient (Wildman–Crippen LogP) is 11.7. The maximum atomic E-state index is 2.47. The molecule has 0 radical (unpaired) electrons. The Hall–Kier alpha value is -5.20. The standard InChI is InChI=1S/C52H48/c1-5-39-6-2-37(1)9-11-41-15-23-45(21-13-39)49(33-41)29-31-51-35-43-17-25-47(51)27-19-44-18-26-48(28-20-43)52(36-44)32-30-50-34-42-12-10-38-3-7-40(8-4-38)14-22-46(50)24-16-42/h1-8,15-18,23-26,29-36H,9-14,19-22,27-28H2/b31-29+,32-30+. The van der Waals surface area contributed by atoms with Gasteiger partial charge in [-0.15, -0.1) is 0 Å². The van der Waals surface area contributed by atoms with Gasteiger partial charge in [-0.3, -0.25) is 0 Å². The average Bonchev–Trinajstić information content (AvgIpc) is 3.17. The molecule has 12 aliphatic rings. The highest BCUT2D eigenvalue weighted by molar-refractivity contribution is 5.75. The lowest BCUT2D eigenvalue weighted by molar-refractivity contribution is 0.916. The number of benzene rings is 6. The lowest BCUT2D eigenvalue weighted by Gasteiger charge is -2.16. The lowest BCUT2D eigenvalue weighted by Crippen LogP contribution is -2.02. The Bertz CT molecular complexity index is 2110. The summed E-state index contributed by atoms with van der Waals surface area (Å²) in [5.74, 6) is 0. The minimum atomic E-state index is 1.04. The first-order valence-corrected chi connectivity index (χ1v) is 19.7. The summed E-state index contributed by atoms with van der Waals surface area (Å²) in [7, 11) is 0. The molecule has 0 saturated carbocycles. The summed E-state index contributed by atoms with van der Waals surface area (Å²) in [6, 6.07) is 47.5. The van der Waals surface area contributed by atoms with Crippen molar-refractivity contribution in [3.05, 3.63) is 210 Å². The molecule has 0 atom stereocenters. The molecule has 0 aliphatic heterocycles. The molecule has 0 heteroatoms. The monoisotopic (exact) mass is 672 g/mol. The number of aryl methyl sites for hydroxylation is 12. The first kappa shape index (κ1) is 32.7. The molecule has 0 N–H and O–H groups in total. The predicted molar refractivity (Wildman–Crippen MR) is 221 cm³/mol. The number of hydrogen-bond acceptors (Lipinski definition) is 0. The van der Waals surface area contributed by atoms with E-state index in [0.29, 0.717) is 0 Å². The van der Waals surface area contributed by atoms with Crippen LogP contribution < -0.4 is 0 Å². The molecular formula is C52H48. The molecule has 0 amide bonds. The second-order valence-electron chi connectivity index (χ2n) is 15.4. The Morgan fingerprint density at radius 2 is 0.404 bits per heavy atom. The van der Waals surface area contributed by atoms with Crippen LogP contribution in [-0.4, -0.2) is 0 Å². The molecule has 0 nitrogen and oxygen atoms in total. The van der Waals surface area contributed by atoms with Gasteiger partial charge in [0.1, 0.15) is 0 Å². The molecule has 18 rings (SSSR count). The molecule has 0 spiro atoms. The maximum Gasteiger partial charge on any atom is -0.0221 e. The second-order valence-corrected chi connectivity index (χ2v) is 15.4. The van der Waals surface area contributed by atoms with Crippen molar-refractivity contribution in [1.29, 1.82) is 0 Å². The van der Waals surface area contributed by atoms with Crippen LogP contribution in [0.2, 0.25) is 0 Å². The average molecular weight is 673 g/mol. The van der Waals surface area contributed by atoms with E-state index in [9.17, 15) is 0 Å². The van der Waals surface area contributed by atoms with Crippen LogP contribution in [0.15, 0.2) is 121 Å². The van der Waals surface area contributed by atoms with Gasteiger partial charge in [0.2, 0.25) is 0 Å². The van der Waals surface area contributed by atoms with Crippen molar-refractivity contribution in [3.63, 3.8) is 0 Å². The third-order valence-electron chi connectivity index (χ3n) is 11.9. The van der Waals surface area contributed by atoms with Crippen LogP contribution in [0.3, 0.4) is 0 Å². The van der Waals surface area contributed by atoms with Crippen molar-refractivity contribution in [3.8, 4) is 0 Å². The quantitative estimate of drug-likeness (QED) is 0.164. The third kappa shape index (κ3) is 7.54. The Morgan fingerprint density at radius 3 is 0.673 bits per heavy atom. The maximum absolute atomic E-state index is 2.47. The molecule has 256 valence electrons. The largest absolute Gasteiger partial charge is 0.0588 e. The van der Waals surface area contributed by atoms with E-state index in [0.717, 1.165) is 77.0 Å². The molecule has 0 fully saturated rings. The summed E-state index contributed by atoms with van der Waals surface area (Å²) >= 11 is 0. The van der Waals surface area contributed by atoms with Crippen LogP contribution in [-0.2, 0) is 77.0 Å². The summed E-state index contributed by atoms with van der Waals surface area (Å²) in [5.41, 5.74) is 22.7. The zero-order valence-corrected chi connectivity index (χ0v) is 30.3. The van der Waals surface area contributed by atoms with Gasteiger partial charge in [-0.25, -0.2) is 0 Å². The first-order chi connectivity index (χ1) is 25.7. The smallest absolute Gasteiger partial charge is 0.0221 e. The molecular weight excluding hydrogens is 625 g/mol. The number of rotatable bonds is 4. The Kier molecular flexibility index (Phi) is 9.31. The molecule has 52 heavy (non-hydrogen) atoms. The minimum absolute atomic E-state index is 1.04. The summed E-state index contributed by atoms with van der Waals surface area (Å²) in [6.45, 7) is 0. The van der Waals surface area contributed by atoms with Crippen LogP contribution >= 0.6 is 0 Å². The molecule has 0 aromatic heterocycles. The van der Waals surface area contributed by atoms with E-state index in [2.05, 4.69) is 146 Å². The van der Waals surface area contributed by atoms with E-state index < -0.39 is 0 Å². The van der Waals surface area contributed by atoms with Gasteiger partial charge >= 0.3 is 0 Å². The Balaban J connectivity index is 0.961. The van der Waals surface area contributed by atoms with Crippen molar-refractivity contribution in [1.82, 2.24) is 0 Å². The van der Waals surface area contributed by atoms with E-state index in [1.165, 1.54) is 89.0 Å². The second kappa shape index (κ2) is 14.8. The highest BCUT2D eigenvalue weighted by Gasteiger charge is 2.12. The lowest BCUT2D eigenvalue weighted by atomic mass is 9.89. The molecule has 0 saturated heterocycles. The molecule has 12 bridgehead atoms. The number of hydrogen-bond donors (Lipinski definition) is 0. The van der Waals surface area contributed by atoms with Crippen molar-refractivity contribution < 1.29 is 0 Å². The fourth-order valence-corrected chi connectivity index (χ4v) is 8.53. The minimum Gasteiger partial charge on any atom is -0.0588 e. The molecule has 12 aliphatic carbocycles. The summed E-state index contributed by atoms with van der Waals surface area (Å²) < 4.78 is 0. The van der Waals surface area contributed by atoms with Crippen LogP contribution in [0.5, 0.6) is 0 Å². The van der Waals surface area contributed by atoms with Crippen LogP contribution in [0.4, 0.5) is 0 Å². The fourth-order valence-electron chi connectivity index (χ4n) is 8.53. The van der Waals surface area contributed by atoms with Gasteiger partial charge < -0.3 is 0 Å². The van der Waals surface area contributed by atoms with Crippen LogP contribution in [0.25, 0.3) is 24.3 Å². The summed E-state index contributed by atoms with van der Waals surface area (Å²) in [6.07, 6.45) is 22.4. The van der Waals surface area contributed by atoms with Gasteiger partial charge in [0.25, 0.3) is 0 Å². The summed E-state index contributed by atoms with van der Waals surface area (Å²) in [4.78, 5) is 0. The van der Waals surface area contributed by atoms with Crippen molar-refractivity contribution in [2.45, 2.75) is 77.0 Å². The van der Waals surface area contributed by atoms with Gasteiger partial charge in [0.15, 0.2) is 0 Å². The molecule has 6 aromatic rings. The van der Waals surface area contributed by atoms with E-state index in [1.807, 2.05) is 0 Å². The molecule has 6 aromatic carbocycles. The van der Waals surface area contributed by atoms with Gasteiger partial charge in [-0.05, 0) is 166 Å². The van der Waals surface area contributed by atoms with E-state index in [4.69, 9.17) is 0 Å². The first-order valence-electron chi connectivity index (χ1n) is 19.7.